The number of hydrogen-bond donors (Lipinski definition) is 1. The van der Waals surface area contributed by atoms with Gasteiger partial charge in [-0.25, -0.2) is 4.98 Å². The second kappa shape index (κ2) is 9.13. The molecule has 0 aliphatic heterocycles. The molecule has 152 valence electrons. The van der Waals surface area contributed by atoms with Gasteiger partial charge < -0.3 is 5.32 Å². The molecule has 0 aliphatic rings. The molecule has 0 fully saturated rings. The second-order valence-electron chi connectivity index (χ2n) is 7.03. The maximum absolute atomic E-state index is 12.8. The van der Waals surface area contributed by atoms with Crippen LogP contribution >= 0.6 is 27.7 Å². The van der Waals surface area contributed by atoms with Crippen molar-refractivity contribution < 1.29 is 4.79 Å². The number of aryl methyl sites for hydroxylation is 2. The van der Waals surface area contributed by atoms with Crippen molar-refractivity contribution in [2.75, 3.05) is 5.75 Å². The molecular weight excluding hydrogens is 450 g/mol. The van der Waals surface area contributed by atoms with Crippen LogP contribution in [0.3, 0.4) is 0 Å². The first kappa shape index (κ1) is 21.6. The molecule has 3 rings (SSSR count). The first-order valence-electron chi connectivity index (χ1n) is 9.49. The summed E-state index contributed by atoms with van der Waals surface area (Å²) in [6, 6.07) is 11.6. The Morgan fingerprint density at radius 3 is 2.66 bits per heavy atom. The van der Waals surface area contributed by atoms with E-state index in [4.69, 9.17) is 0 Å². The van der Waals surface area contributed by atoms with Crippen LogP contribution in [0.4, 0.5) is 0 Å². The topological polar surface area (TPSA) is 64.0 Å². The Hall–Kier alpha value is -2.12. The molecule has 0 saturated heterocycles. The van der Waals surface area contributed by atoms with E-state index >= 15 is 0 Å². The highest BCUT2D eigenvalue weighted by molar-refractivity contribution is 9.10. The highest BCUT2D eigenvalue weighted by atomic mass is 79.9. The van der Waals surface area contributed by atoms with Crippen molar-refractivity contribution in [3.05, 3.63) is 67.9 Å². The summed E-state index contributed by atoms with van der Waals surface area (Å²) in [5, 5.41) is 4.15. The maximum atomic E-state index is 12.8. The molecule has 0 aliphatic carbocycles. The van der Waals surface area contributed by atoms with Crippen LogP contribution in [-0.2, 0) is 11.3 Å². The molecule has 1 heterocycles. The van der Waals surface area contributed by atoms with Crippen LogP contribution in [-0.4, -0.2) is 21.2 Å². The average molecular weight is 474 g/mol. The molecule has 0 saturated carbocycles. The van der Waals surface area contributed by atoms with Crippen LogP contribution in [0.15, 0.2) is 50.8 Å². The van der Waals surface area contributed by atoms with Gasteiger partial charge >= 0.3 is 0 Å². The molecule has 1 aromatic heterocycles. The summed E-state index contributed by atoms with van der Waals surface area (Å²) < 4.78 is 2.45. The van der Waals surface area contributed by atoms with Crippen molar-refractivity contribution in [3.8, 4) is 0 Å². The highest BCUT2D eigenvalue weighted by Gasteiger charge is 2.15. The lowest BCUT2D eigenvalue weighted by Gasteiger charge is -2.16. The summed E-state index contributed by atoms with van der Waals surface area (Å²) in [5.41, 5.74) is 4.05. The Labute approximate surface area is 183 Å². The minimum absolute atomic E-state index is 0.0855. The number of aromatic nitrogens is 2. The van der Waals surface area contributed by atoms with E-state index in [2.05, 4.69) is 52.2 Å². The molecule has 1 N–H and O–H groups in total. The number of fused-ring (bicyclic) bond motifs is 1. The zero-order valence-corrected chi connectivity index (χ0v) is 19.4. The number of carbonyl (C=O) groups excluding carboxylic acids is 1. The Kier molecular flexibility index (Phi) is 6.80. The SMILES string of the molecule is CCn1c(SCC(=O)NC(C)c2ccc(C)c(C)c2)nc2ccc(Br)cc2c1=O. The first-order valence-corrected chi connectivity index (χ1v) is 11.3. The van der Waals surface area contributed by atoms with Gasteiger partial charge in [-0.1, -0.05) is 45.9 Å². The van der Waals surface area contributed by atoms with E-state index in [0.717, 1.165) is 10.0 Å². The monoisotopic (exact) mass is 473 g/mol. The van der Waals surface area contributed by atoms with Crippen LogP contribution in [0.1, 0.15) is 36.6 Å². The van der Waals surface area contributed by atoms with E-state index < -0.39 is 0 Å². The number of amides is 1. The van der Waals surface area contributed by atoms with Gasteiger partial charge in [-0.3, -0.25) is 14.2 Å². The number of thioether (sulfide) groups is 1. The summed E-state index contributed by atoms with van der Waals surface area (Å²) in [6.07, 6.45) is 0. The molecule has 1 unspecified atom stereocenters. The van der Waals surface area contributed by atoms with Crippen molar-refractivity contribution in [2.45, 2.75) is 45.4 Å². The lowest BCUT2D eigenvalue weighted by molar-refractivity contribution is -0.119. The smallest absolute Gasteiger partial charge is 0.262 e. The Morgan fingerprint density at radius 1 is 1.21 bits per heavy atom. The van der Waals surface area contributed by atoms with Gasteiger partial charge in [0.2, 0.25) is 5.91 Å². The van der Waals surface area contributed by atoms with Crippen LogP contribution < -0.4 is 10.9 Å². The Balaban J connectivity index is 1.74. The van der Waals surface area contributed by atoms with Gasteiger partial charge in [0.15, 0.2) is 5.16 Å². The maximum Gasteiger partial charge on any atom is 0.262 e. The predicted octanol–water partition coefficient (Wildman–Crippen LogP) is 4.77. The Morgan fingerprint density at radius 2 is 1.97 bits per heavy atom. The number of halogens is 1. The molecule has 2 aromatic carbocycles. The van der Waals surface area contributed by atoms with Gasteiger partial charge in [-0.05, 0) is 62.6 Å². The number of nitrogens with one attached hydrogen (secondary N) is 1. The second-order valence-corrected chi connectivity index (χ2v) is 8.89. The van der Waals surface area contributed by atoms with E-state index in [1.165, 1.54) is 22.9 Å². The lowest BCUT2D eigenvalue weighted by Crippen LogP contribution is -2.29. The third-order valence-electron chi connectivity index (χ3n) is 4.94. The average Bonchev–Trinajstić information content (AvgIpc) is 2.69. The van der Waals surface area contributed by atoms with Crippen molar-refractivity contribution in [1.29, 1.82) is 0 Å². The van der Waals surface area contributed by atoms with E-state index in [1.807, 2.05) is 32.0 Å². The van der Waals surface area contributed by atoms with E-state index in [9.17, 15) is 9.59 Å². The van der Waals surface area contributed by atoms with Crippen molar-refractivity contribution in [2.24, 2.45) is 0 Å². The summed E-state index contributed by atoms with van der Waals surface area (Å²) in [6.45, 7) is 8.51. The minimum Gasteiger partial charge on any atom is -0.349 e. The van der Waals surface area contributed by atoms with Gasteiger partial charge in [0.1, 0.15) is 0 Å². The van der Waals surface area contributed by atoms with Crippen LogP contribution in [0.25, 0.3) is 10.9 Å². The molecule has 7 heteroatoms. The van der Waals surface area contributed by atoms with Crippen LogP contribution in [0.5, 0.6) is 0 Å². The summed E-state index contributed by atoms with van der Waals surface area (Å²) in [4.78, 5) is 29.9. The van der Waals surface area contributed by atoms with Gasteiger partial charge in [-0.15, -0.1) is 0 Å². The van der Waals surface area contributed by atoms with E-state index in [-0.39, 0.29) is 23.3 Å². The number of nitrogens with zero attached hydrogens (tertiary/aromatic N) is 2. The van der Waals surface area contributed by atoms with Crippen LogP contribution in [0, 0.1) is 13.8 Å². The molecule has 5 nitrogen and oxygen atoms in total. The molecule has 0 bridgehead atoms. The number of benzene rings is 2. The molecule has 1 amide bonds. The summed E-state index contributed by atoms with van der Waals surface area (Å²) in [5.74, 6) is 0.109. The number of hydrogen-bond acceptors (Lipinski definition) is 4. The van der Waals surface area contributed by atoms with E-state index in [1.54, 1.807) is 10.6 Å². The first-order chi connectivity index (χ1) is 13.8. The summed E-state index contributed by atoms with van der Waals surface area (Å²) in [7, 11) is 0. The highest BCUT2D eigenvalue weighted by Crippen LogP contribution is 2.21. The number of rotatable bonds is 6. The molecule has 0 spiro atoms. The van der Waals surface area contributed by atoms with Crippen LogP contribution in [0.2, 0.25) is 0 Å². The largest absolute Gasteiger partial charge is 0.349 e. The third-order valence-corrected chi connectivity index (χ3v) is 6.41. The van der Waals surface area contributed by atoms with Crippen molar-refractivity contribution in [1.82, 2.24) is 14.9 Å². The van der Waals surface area contributed by atoms with E-state index in [0.29, 0.717) is 22.6 Å². The quantitative estimate of drug-likeness (QED) is 0.413. The standard InChI is InChI=1S/C22H24BrN3O2S/c1-5-26-21(28)18-11-17(23)8-9-19(18)25-22(26)29-12-20(27)24-15(4)16-7-6-13(2)14(3)10-16/h6-11,15H,5,12H2,1-4H3,(H,24,27). The fourth-order valence-corrected chi connectivity index (χ4v) is 4.33. The van der Waals surface area contributed by atoms with Crippen molar-refractivity contribution in [3.63, 3.8) is 0 Å². The molecule has 0 radical (unpaired) electrons. The fourth-order valence-electron chi connectivity index (χ4n) is 3.09. The minimum atomic E-state index is -0.0924. The fraction of sp³-hybridized carbons (Fsp3) is 0.318. The Bertz CT molecular complexity index is 1130. The molecular formula is C22H24BrN3O2S. The predicted molar refractivity (Wildman–Crippen MR) is 123 cm³/mol. The zero-order valence-electron chi connectivity index (χ0n) is 17.0. The van der Waals surface area contributed by atoms with Crippen molar-refractivity contribution >= 4 is 44.5 Å². The van der Waals surface area contributed by atoms with Gasteiger partial charge in [0, 0.05) is 11.0 Å². The summed E-state index contributed by atoms with van der Waals surface area (Å²) >= 11 is 4.68. The molecule has 29 heavy (non-hydrogen) atoms. The third kappa shape index (κ3) is 4.90. The van der Waals surface area contributed by atoms with Gasteiger partial charge in [-0.2, -0.15) is 0 Å². The molecule has 3 aromatic rings. The lowest BCUT2D eigenvalue weighted by atomic mass is 10.0. The van der Waals surface area contributed by atoms with Gasteiger partial charge in [0.25, 0.3) is 5.56 Å². The molecule has 1 atom stereocenters. The zero-order chi connectivity index (χ0) is 21.1. The normalized spacial score (nSPS) is 12.2. The van der Waals surface area contributed by atoms with Gasteiger partial charge in [0.05, 0.1) is 22.7 Å². The number of carbonyl (C=O) groups is 1.